The number of rotatable bonds is 5. The van der Waals surface area contributed by atoms with Crippen LogP contribution in [0.5, 0.6) is 0 Å². The largest absolute Gasteiger partial charge is 0.396 e. The van der Waals surface area contributed by atoms with Crippen LogP contribution in [0, 0.1) is 5.92 Å². The summed E-state index contributed by atoms with van der Waals surface area (Å²) in [6, 6.07) is 0.805. The molecule has 1 N–H and O–H groups in total. The van der Waals surface area contributed by atoms with E-state index in [0.717, 1.165) is 19.1 Å². The van der Waals surface area contributed by atoms with Crippen molar-refractivity contribution >= 4 is 0 Å². The van der Waals surface area contributed by atoms with Gasteiger partial charge in [0.25, 0.3) is 0 Å². The van der Waals surface area contributed by atoms with Crippen LogP contribution in [0.3, 0.4) is 0 Å². The molecule has 0 amide bonds. The Hall–Kier alpha value is -0.0800. The SMILES string of the molecule is CCN(CC(C)CO)C1CCCC1. The van der Waals surface area contributed by atoms with Gasteiger partial charge in [-0.3, -0.25) is 0 Å². The zero-order valence-corrected chi connectivity index (χ0v) is 9.00. The first-order valence-corrected chi connectivity index (χ1v) is 5.62. The molecule has 0 saturated heterocycles. The Bertz CT molecular complexity index is 132. The Morgan fingerprint density at radius 2 is 2.00 bits per heavy atom. The summed E-state index contributed by atoms with van der Waals surface area (Å²) in [5.74, 6) is 0.431. The molecule has 0 aromatic heterocycles. The fourth-order valence-electron chi connectivity index (χ4n) is 2.26. The van der Waals surface area contributed by atoms with Gasteiger partial charge in [0.1, 0.15) is 0 Å². The lowest BCUT2D eigenvalue weighted by Crippen LogP contribution is -2.37. The van der Waals surface area contributed by atoms with Gasteiger partial charge in [-0.2, -0.15) is 0 Å². The predicted octanol–water partition coefficient (Wildman–Crippen LogP) is 1.88. The second-order valence-electron chi connectivity index (χ2n) is 4.31. The van der Waals surface area contributed by atoms with Crippen molar-refractivity contribution in [2.45, 2.75) is 45.6 Å². The fraction of sp³-hybridized carbons (Fsp3) is 1.00. The van der Waals surface area contributed by atoms with Crippen molar-refractivity contribution in [2.75, 3.05) is 19.7 Å². The minimum atomic E-state index is 0.323. The van der Waals surface area contributed by atoms with Gasteiger partial charge in [-0.05, 0) is 25.3 Å². The van der Waals surface area contributed by atoms with E-state index in [4.69, 9.17) is 5.11 Å². The summed E-state index contributed by atoms with van der Waals surface area (Å²) in [6.07, 6.45) is 5.53. The van der Waals surface area contributed by atoms with Crippen LogP contribution in [-0.2, 0) is 0 Å². The molecular formula is C11H23NO. The van der Waals surface area contributed by atoms with Crippen molar-refractivity contribution in [1.82, 2.24) is 4.90 Å². The van der Waals surface area contributed by atoms with Crippen molar-refractivity contribution < 1.29 is 5.11 Å². The second kappa shape index (κ2) is 5.61. The van der Waals surface area contributed by atoms with Crippen molar-refractivity contribution in [1.29, 1.82) is 0 Å². The Balaban J connectivity index is 2.32. The molecule has 1 aliphatic carbocycles. The minimum Gasteiger partial charge on any atom is -0.396 e. The summed E-state index contributed by atoms with van der Waals surface area (Å²) in [5.41, 5.74) is 0. The predicted molar refractivity (Wildman–Crippen MR) is 55.8 cm³/mol. The van der Waals surface area contributed by atoms with E-state index in [1.54, 1.807) is 0 Å². The first-order valence-electron chi connectivity index (χ1n) is 5.62. The maximum atomic E-state index is 9.00. The molecule has 0 spiro atoms. The molecule has 1 saturated carbocycles. The van der Waals surface area contributed by atoms with Crippen molar-refractivity contribution in [3.63, 3.8) is 0 Å². The first kappa shape index (κ1) is 11.0. The molecule has 0 aromatic carbocycles. The quantitative estimate of drug-likeness (QED) is 0.707. The number of aliphatic hydroxyl groups excluding tert-OH is 1. The third-order valence-electron chi connectivity index (χ3n) is 3.11. The highest BCUT2D eigenvalue weighted by Gasteiger charge is 2.22. The standard InChI is InChI=1S/C11H23NO/c1-3-12(8-10(2)9-13)11-6-4-5-7-11/h10-11,13H,3-9H2,1-2H3. The third-order valence-corrected chi connectivity index (χ3v) is 3.11. The Labute approximate surface area is 81.9 Å². The summed E-state index contributed by atoms with van der Waals surface area (Å²) in [5, 5.41) is 9.00. The maximum absolute atomic E-state index is 9.00. The van der Waals surface area contributed by atoms with E-state index in [9.17, 15) is 0 Å². The average molecular weight is 185 g/mol. The number of aliphatic hydroxyl groups is 1. The average Bonchev–Trinajstić information content (AvgIpc) is 2.66. The van der Waals surface area contributed by atoms with E-state index in [1.807, 2.05) is 0 Å². The topological polar surface area (TPSA) is 23.5 Å². The molecule has 0 radical (unpaired) electrons. The molecule has 0 heterocycles. The Morgan fingerprint density at radius 3 is 2.46 bits per heavy atom. The van der Waals surface area contributed by atoms with Crippen LogP contribution in [0.25, 0.3) is 0 Å². The minimum absolute atomic E-state index is 0.323. The van der Waals surface area contributed by atoms with Gasteiger partial charge in [-0.1, -0.05) is 26.7 Å². The first-order chi connectivity index (χ1) is 6.27. The van der Waals surface area contributed by atoms with Gasteiger partial charge in [0.2, 0.25) is 0 Å². The van der Waals surface area contributed by atoms with E-state index < -0.39 is 0 Å². The lowest BCUT2D eigenvalue weighted by molar-refractivity contribution is 0.143. The molecule has 0 bridgehead atoms. The summed E-state index contributed by atoms with van der Waals surface area (Å²) >= 11 is 0. The molecule has 2 nitrogen and oxygen atoms in total. The van der Waals surface area contributed by atoms with Crippen LogP contribution in [-0.4, -0.2) is 35.7 Å². The Morgan fingerprint density at radius 1 is 1.38 bits per heavy atom. The van der Waals surface area contributed by atoms with E-state index in [-0.39, 0.29) is 0 Å². The van der Waals surface area contributed by atoms with Crippen molar-refractivity contribution in [2.24, 2.45) is 5.92 Å². The molecule has 1 rings (SSSR count). The fourth-order valence-corrected chi connectivity index (χ4v) is 2.26. The van der Waals surface area contributed by atoms with Crippen LogP contribution < -0.4 is 0 Å². The van der Waals surface area contributed by atoms with Crippen molar-refractivity contribution in [3.05, 3.63) is 0 Å². The van der Waals surface area contributed by atoms with Gasteiger partial charge >= 0.3 is 0 Å². The molecule has 1 fully saturated rings. The molecule has 1 unspecified atom stereocenters. The van der Waals surface area contributed by atoms with E-state index in [0.29, 0.717) is 12.5 Å². The highest BCUT2D eigenvalue weighted by atomic mass is 16.3. The summed E-state index contributed by atoms with van der Waals surface area (Å²) < 4.78 is 0. The normalized spacial score (nSPS) is 21.2. The molecule has 13 heavy (non-hydrogen) atoms. The van der Waals surface area contributed by atoms with Crippen molar-refractivity contribution in [3.8, 4) is 0 Å². The van der Waals surface area contributed by atoms with Gasteiger partial charge in [-0.25, -0.2) is 0 Å². The lowest BCUT2D eigenvalue weighted by atomic mass is 10.1. The van der Waals surface area contributed by atoms with Gasteiger partial charge in [0.05, 0.1) is 0 Å². The van der Waals surface area contributed by atoms with E-state index in [1.165, 1.54) is 25.7 Å². The number of hydrogen-bond acceptors (Lipinski definition) is 2. The molecule has 78 valence electrons. The monoisotopic (exact) mass is 185 g/mol. The molecule has 1 aliphatic rings. The van der Waals surface area contributed by atoms with E-state index in [2.05, 4.69) is 18.7 Å². The zero-order chi connectivity index (χ0) is 9.68. The van der Waals surface area contributed by atoms with Gasteiger partial charge in [0.15, 0.2) is 0 Å². The van der Waals surface area contributed by atoms with Gasteiger partial charge in [0, 0.05) is 19.2 Å². The maximum Gasteiger partial charge on any atom is 0.0468 e. The van der Waals surface area contributed by atoms with Gasteiger partial charge < -0.3 is 10.0 Å². The molecule has 0 aromatic rings. The number of hydrogen-bond donors (Lipinski definition) is 1. The highest BCUT2D eigenvalue weighted by molar-refractivity contribution is 4.77. The smallest absolute Gasteiger partial charge is 0.0468 e. The van der Waals surface area contributed by atoms with Crippen LogP contribution in [0.4, 0.5) is 0 Å². The van der Waals surface area contributed by atoms with E-state index >= 15 is 0 Å². The second-order valence-corrected chi connectivity index (χ2v) is 4.31. The summed E-state index contributed by atoms with van der Waals surface area (Å²) in [7, 11) is 0. The van der Waals surface area contributed by atoms with Crippen LogP contribution in [0.1, 0.15) is 39.5 Å². The molecule has 2 heteroatoms. The molecule has 1 atom stereocenters. The summed E-state index contributed by atoms with van der Waals surface area (Å²) in [4.78, 5) is 2.54. The van der Waals surface area contributed by atoms with Crippen LogP contribution in [0.2, 0.25) is 0 Å². The number of nitrogens with zero attached hydrogens (tertiary/aromatic N) is 1. The van der Waals surface area contributed by atoms with Crippen LogP contribution in [0.15, 0.2) is 0 Å². The zero-order valence-electron chi connectivity index (χ0n) is 9.00. The highest BCUT2D eigenvalue weighted by Crippen LogP contribution is 2.23. The third kappa shape index (κ3) is 3.28. The molecular weight excluding hydrogens is 162 g/mol. The van der Waals surface area contributed by atoms with Crippen LogP contribution >= 0.6 is 0 Å². The molecule has 0 aliphatic heterocycles. The Kier molecular flexibility index (Phi) is 4.74. The lowest BCUT2D eigenvalue weighted by Gasteiger charge is -2.29. The van der Waals surface area contributed by atoms with Gasteiger partial charge in [-0.15, -0.1) is 0 Å². The summed E-state index contributed by atoms with van der Waals surface area (Å²) in [6.45, 7) is 6.87.